The normalized spacial score (nSPS) is 11.8. The Morgan fingerprint density at radius 2 is 2.00 bits per heavy atom. The number of hydrogen-bond donors (Lipinski definition) is 0. The minimum Gasteiger partial charge on any atom is -0.105 e. The van der Waals surface area contributed by atoms with E-state index in [4.69, 9.17) is 0 Å². The minimum absolute atomic E-state index is 0.0680. The fourth-order valence-corrected chi connectivity index (χ4v) is 2.91. The molecule has 0 aliphatic carbocycles. The van der Waals surface area contributed by atoms with Crippen LogP contribution in [-0.2, 0) is 6.42 Å². The third-order valence-electron chi connectivity index (χ3n) is 1.87. The Balaban J connectivity index is 2.23. The van der Waals surface area contributed by atoms with Gasteiger partial charge in [0.15, 0.2) is 0 Å². The van der Waals surface area contributed by atoms with Gasteiger partial charge in [0.2, 0.25) is 0 Å². The number of halogens is 1. The van der Waals surface area contributed by atoms with Crippen molar-refractivity contribution in [1.29, 1.82) is 0 Å². The average molecular weight is 255 g/mol. The summed E-state index contributed by atoms with van der Waals surface area (Å²) in [7, 11) is 0.0680. The van der Waals surface area contributed by atoms with Gasteiger partial charge in [-0.05, 0) is 18.0 Å². The lowest BCUT2D eigenvalue weighted by molar-refractivity contribution is 1.27. The van der Waals surface area contributed by atoms with E-state index in [0.717, 1.165) is 11.8 Å². The first-order valence-corrected chi connectivity index (χ1v) is 7.62. The molecule has 0 heterocycles. The van der Waals surface area contributed by atoms with Gasteiger partial charge in [-0.1, -0.05) is 52.3 Å². The van der Waals surface area contributed by atoms with Crippen molar-refractivity contribution in [2.24, 2.45) is 0 Å². The highest BCUT2D eigenvalue weighted by Crippen LogP contribution is 1.99. The number of allylic oxidation sites excluding steroid dienone is 1. The lowest BCUT2D eigenvalue weighted by Crippen LogP contribution is -1.85. The molecule has 1 aromatic rings. The van der Waals surface area contributed by atoms with Crippen molar-refractivity contribution >= 4 is 25.4 Å². The number of benzene rings is 1. The van der Waals surface area contributed by atoms with Crippen molar-refractivity contribution in [3.8, 4) is 0 Å². The predicted molar refractivity (Wildman–Crippen MR) is 66.4 cm³/mol. The van der Waals surface area contributed by atoms with Gasteiger partial charge in [-0.3, -0.25) is 0 Å². The fourth-order valence-electron chi connectivity index (χ4n) is 1.15. The molecule has 0 aliphatic heterocycles. The van der Waals surface area contributed by atoms with Crippen molar-refractivity contribution in [3.63, 3.8) is 0 Å². The zero-order valence-electron chi connectivity index (χ0n) is 7.75. The first kappa shape index (κ1) is 10.7. The Morgan fingerprint density at radius 1 is 1.23 bits per heavy atom. The second kappa shape index (κ2) is 7.10. The van der Waals surface area contributed by atoms with E-state index in [-0.39, 0.29) is 9.52 Å². The molecule has 0 N–H and O–H groups in total. The SMILES string of the molecule is BrCC[SiH2]C=CCc1ccccc1. The van der Waals surface area contributed by atoms with Gasteiger partial charge in [0, 0.05) is 14.8 Å². The molecule has 0 aliphatic rings. The van der Waals surface area contributed by atoms with E-state index in [1.807, 2.05) is 0 Å². The Labute approximate surface area is 91.0 Å². The maximum absolute atomic E-state index is 3.45. The molecule has 0 radical (unpaired) electrons. The summed E-state index contributed by atoms with van der Waals surface area (Å²) in [6, 6.07) is 12.0. The Hall–Kier alpha value is -0.343. The van der Waals surface area contributed by atoms with Gasteiger partial charge in [0.25, 0.3) is 0 Å². The predicted octanol–water partition coefficient (Wildman–Crippen LogP) is 2.72. The monoisotopic (exact) mass is 254 g/mol. The molecule has 0 saturated carbocycles. The molecule has 0 spiro atoms. The average Bonchev–Trinajstić information content (AvgIpc) is 2.19. The molecule has 0 saturated heterocycles. The second-order valence-corrected chi connectivity index (χ2v) is 5.54. The highest BCUT2D eigenvalue weighted by atomic mass is 79.9. The number of hydrogen-bond acceptors (Lipinski definition) is 0. The topological polar surface area (TPSA) is 0 Å². The summed E-state index contributed by atoms with van der Waals surface area (Å²) in [4.78, 5) is 0. The van der Waals surface area contributed by atoms with Gasteiger partial charge in [-0.2, -0.15) is 0 Å². The van der Waals surface area contributed by atoms with Gasteiger partial charge < -0.3 is 0 Å². The Morgan fingerprint density at radius 3 is 2.69 bits per heavy atom. The quantitative estimate of drug-likeness (QED) is 0.431. The van der Waals surface area contributed by atoms with E-state index in [0.29, 0.717) is 0 Å². The van der Waals surface area contributed by atoms with Gasteiger partial charge >= 0.3 is 0 Å². The summed E-state index contributed by atoms with van der Waals surface area (Å²) in [5.41, 5.74) is 3.81. The van der Waals surface area contributed by atoms with Gasteiger partial charge in [-0.25, -0.2) is 0 Å². The van der Waals surface area contributed by atoms with Crippen molar-refractivity contribution in [3.05, 3.63) is 47.7 Å². The standard InChI is InChI=1S/C11H15BrSi/c12-8-10-13-9-4-7-11-5-2-1-3-6-11/h1-6,9H,7-8,10,13H2. The fraction of sp³-hybridized carbons (Fsp3) is 0.273. The van der Waals surface area contributed by atoms with Crippen LogP contribution in [0.15, 0.2) is 42.1 Å². The molecule has 0 amide bonds. The molecule has 2 heteroatoms. The van der Waals surface area contributed by atoms with Crippen molar-refractivity contribution in [2.75, 3.05) is 5.33 Å². The zero-order chi connectivity index (χ0) is 9.36. The van der Waals surface area contributed by atoms with E-state index >= 15 is 0 Å². The van der Waals surface area contributed by atoms with Gasteiger partial charge in [0.1, 0.15) is 0 Å². The van der Waals surface area contributed by atoms with Crippen molar-refractivity contribution in [1.82, 2.24) is 0 Å². The molecule has 0 bridgehead atoms. The van der Waals surface area contributed by atoms with E-state index in [9.17, 15) is 0 Å². The molecule has 0 nitrogen and oxygen atoms in total. The van der Waals surface area contributed by atoms with E-state index in [1.54, 1.807) is 0 Å². The number of alkyl halides is 1. The van der Waals surface area contributed by atoms with E-state index in [1.165, 1.54) is 11.6 Å². The lowest BCUT2D eigenvalue weighted by atomic mass is 10.2. The van der Waals surface area contributed by atoms with E-state index < -0.39 is 0 Å². The molecular formula is C11H15BrSi. The molecular weight excluding hydrogens is 240 g/mol. The van der Waals surface area contributed by atoms with Gasteiger partial charge in [-0.15, -0.1) is 5.70 Å². The van der Waals surface area contributed by atoms with E-state index in [2.05, 4.69) is 58.0 Å². The molecule has 1 aromatic carbocycles. The van der Waals surface area contributed by atoms with Gasteiger partial charge in [0.05, 0.1) is 0 Å². The molecule has 0 atom stereocenters. The third kappa shape index (κ3) is 5.06. The highest BCUT2D eigenvalue weighted by molar-refractivity contribution is 9.09. The largest absolute Gasteiger partial charge is 0.105 e. The first-order valence-electron chi connectivity index (χ1n) is 4.68. The summed E-state index contributed by atoms with van der Waals surface area (Å²) in [5, 5.41) is 1.16. The van der Waals surface area contributed by atoms with Crippen LogP contribution in [0.4, 0.5) is 0 Å². The molecule has 1 rings (SSSR count). The van der Waals surface area contributed by atoms with Crippen LogP contribution in [0.25, 0.3) is 0 Å². The summed E-state index contributed by atoms with van der Waals surface area (Å²) < 4.78 is 0. The molecule has 0 aromatic heterocycles. The Kier molecular flexibility index (Phi) is 5.86. The van der Waals surface area contributed by atoms with Crippen LogP contribution < -0.4 is 0 Å². The minimum atomic E-state index is 0.0680. The zero-order valence-corrected chi connectivity index (χ0v) is 10.7. The Bertz CT molecular complexity index is 244. The second-order valence-electron chi connectivity index (χ2n) is 2.99. The van der Waals surface area contributed by atoms with Crippen molar-refractivity contribution < 1.29 is 0 Å². The maximum atomic E-state index is 3.45. The highest BCUT2D eigenvalue weighted by Gasteiger charge is 1.85. The number of rotatable bonds is 5. The van der Waals surface area contributed by atoms with Crippen LogP contribution >= 0.6 is 15.9 Å². The molecule has 0 unspecified atom stereocenters. The lowest BCUT2D eigenvalue weighted by Gasteiger charge is -1.93. The summed E-state index contributed by atoms with van der Waals surface area (Å²) >= 11 is 3.45. The van der Waals surface area contributed by atoms with Crippen LogP contribution in [0.2, 0.25) is 6.04 Å². The summed E-state index contributed by atoms with van der Waals surface area (Å²) in [5.74, 6) is 0. The van der Waals surface area contributed by atoms with Crippen molar-refractivity contribution in [2.45, 2.75) is 12.5 Å². The third-order valence-corrected chi connectivity index (χ3v) is 4.89. The van der Waals surface area contributed by atoms with Crippen LogP contribution in [0, 0.1) is 0 Å². The summed E-state index contributed by atoms with van der Waals surface area (Å²) in [6.07, 6.45) is 3.40. The smallest absolute Gasteiger partial charge is 0.0458 e. The van der Waals surface area contributed by atoms with Crippen LogP contribution in [0.3, 0.4) is 0 Å². The molecule has 13 heavy (non-hydrogen) atoms. The molecule has 0 fully saturated rings. The maximum Gasteiger partial charge on any atom is 0.0458 e. The van der Waals surface area contributed by atoms with Crippen LogP contribution in [0.5, 0.6) is 0 Å². The summed E-state index contributed by atoms with van der Waals surface area (Å²) in [6.45, 7) is 0. The van der Waals surface area contributed by atoms with Crippen LogP contribution in [-0.4, -0.2) is 14.8 Å². The first-order chi connectivity index (χ1) is 6.43. The van der Waals surface area contributed by atoms with Crippen LogP contribution in [0.1, 0.15) is 5.56 Å². The molecule has 70 valence electrons.